The van der Waals surface area contributed by atoms with Crippen molar-refractivity contribution in [3.8, 4) is 0 Å². The van der Waals surface area contributed by atoms with Crippen LogP contribution in [0.2, 0.25) is 4.34 Å². The molecule has 0 spiro atoms. The normalized spacial score (nSPS) is 21.8. The number of oxime groups is 1. The molecule has 3 aliphatic heterocycles. The molecule has 2 saturated heterocycles. The number of carbonyl (C=O) groups is 4. The SMILES string of the molecule is C[C@H](O/N=C(\C(=O)NC1C(=O)N2C(C(=O)O)=C(C[n+]3cccc4c3nc(N)n4CC3CCNC3)CS[C@H]12)c1nc(N)sc1Cl)C(=O)O. The fourth-order valence-corrected chi connectivity index (χ4v) is 7.92. The van der Waals surface area contributed by atoms with Gasteiger partial charge in [-0.15, -0.1) is 11.8 Å². The number of carboxylic acid groups (broad SMARTS) is 2. The van der Waals surface area contributed by atoms with Crippen molar-refractivity contribution in [2.24, 2.45) is 11.1 Å². The second-order valence-corrected chi connectivity index (χ2v) is 13.8. The molecule has 20 heteroatoms. The monoisotopic (exact) mass is 705 g/mol. The number of halogens is 1. The first-order chi connectivity index (χ1) is 22.4. The van der Waals surface area contributed by atoms with E-state index in [4.69, 9.17) is 33.0 Å². The van der Waals surface area contributed by atoms with Gasteiger partial charge in [-0.3, -0.25) is 19.1 Å². The van der Waals surface area contributed by atoms with E-state index in [2.05, 4.69) is 25.8 Å². The molecule has 0 bridgehead atoms. The lowest BCUT2D eigenvalue weighted by molar-refractivity contribution is -0.664. The molecule has 47 heavy (non-hydrogen) atoms. The number of β-lactam (4-membered cyclic amide) rings is 1. The number of thiazole rings is 1. The van der Waals surface area contributed by atoms with E-state index in [0.29, 0.717) is 29.6 Å². The molecule has 3 aromatic rings. The number of fused-ring (bicyclic) bond motifs is 2. The van der Waals surface area contributed by atoms with Gasteiger partial charge in [-0.2, -0.15) is 0 Å². The molecule has 2 unspecified atom stereocenters. The van der Waals surface area contributed by atoms with Crippen LogP contribution in [0.25, 0.3) is 11.2 Å². The Hall–Kier alpha value is -4.46. The van der Waals surface area contributed by atoms with E-state index < -0.39 is 47.0 Å². The molecule has 17 nitrogen and oxygen atoms in total. The van der Waals surface area contributed by atoms with Crippen LogP contribution < -0.4 is 26.7 Å². The van der Waals surface area contributed by atoms with E-state index in [9.17, 15) is 24.3 Å². The van der Waals surface area contributed by atoms with Gasteiger partial charge in [0.2, 0.25) is 6.10 Å². The van der Waals surface area contributed by atoms with E-state index in [1.165, 1.54) is 18.7 Å². The number of aliphatic carboxylic acids is 2. The first kappa shape index (κ1) is 32.5. The molecule has 3 aliphatic rings. The Morgan fingerprint density at radius 2 is 2.11 bits per heavy atom. The number of nitrogen functional groups attached to an aromatic ring is 2. The number of nitrogens with two attached hydrogens (primary N) is 2. The number of nitrogens with zero attached hydrogens (tertiary/aromatic N) is 6. The number of amides is 2. The maximum atomic E-state index is 13.4. The summed E-state index contributed by atoms with van der Waals surface area (Å²) in [5.41, 5.74) is 13.1. The van der Waals surface area contributed by atoms with Crippen LogP contribution in [0.4, 0.5) is 11.1 Å². The molecular formula is C27H30ClN10O7S2+. The Kier molecular flexibility index (Phi) is 8.97. The molecule has 0 radical (unpaired) electrons. The number of hydrogen-bond acceptors (Lipinski definition) is 13. The molecule has 4 atom stereocenters. The number of aromatic nitrogens is 4. The van der Waals surface area contributed by atoms with Crippen LogP contribution in [0.1, 0.15) is 19.0 Å². The van der Waals surface area contributed by atoms with Gasteiger partial charge in [-0.25, -0.2) is 19.1 Å². The summed E-state index contributed by atoms with van der Waals surface area (Å²) in [4.78, 5) is 65.2. The maximum Gasteiger partial charge on any atom is 0.352 e. The van der Waals surface area contributed by atoms with Gasteiger partial charge in [0.25, 0.3) is 11.8 Å². The number of carboxylic acids is 2. The molecule has 3 aromatic heterocycles. The number of hydrogen-bond donors (Lipinski definition) is 6. The third kappa shape index (κ3) is 6.18. The standard InChI is InChI=1S/C27H29ClN10O7S2/c1-11(24(41)42)45-35-16(15-19(28)47-27(30)33-15)21(39)32-17-22(40)38-18(25(43)44)13(10-46-23(17)38)9-36-6-2-3-14-20(36)34-26(29)37(14)8-12-4-5-31-7-12/h2-3,6,11-12,17,23,29,31H,4-5,7-10H2,1H3,(H5,30,32,33,39,41,42,43,44)/p+1/b35-16-/t11-,12?,17?,23+/m0/s1. The van der Waals surface area contributed by atoms with Gasteiger partial charge in [0.1, 0.15) is 39.2 Å². The molecule has 2 fully saturated rings. The summed E-state index contributed by atoms with van der Waals surface area (Å²) in [7, 11) is 0. The summed E-state index contributed by atoms with van der Waals surface area (Å²) >= 11 is 8.32. The summed E-state index contributed by atoms with van der Waals surface area (Å²) in [5.74, 6) is -3.21. The van der Waals surface area contributed by atoms with Crippen molar-refractivity contribution in [2.75, 3.05) is 30.3 Å². The van der Waals surface area contributed by atoms with Gasteiger partial charge < -0.3 is 37.2 Å². The third-order valence-corrected chi connectivity index (χ3v) is 10.4. The Labute approximate surface area is 279 Å². The first-order valence-electron chi connectivity index (χ1n) is 14.4. The summed E-state index contributed by atoms with van der Waals surface area (Å²) in [5, 5.41) is 28.2. The molecule has 6 heterocycles. The van der Waals surface area contributed by atoms with Crippen LogP contribution in [-0.4, -0.2) is 95.5 Å². The number of anilines is 2. The maximum absolute atomic E-state index is 13.4. The minimum absolute atomic E-state index is 0.00743. The van der Waals surface area contributed by atoms with E-state index in [1.807, 2.05) is 21.3 Å². The number of thioether (sulfide) groups is 1. The van der Waals surface area contributed by atoms with Gasteiger partial charge >= 0.3 is 23.5 Å². The molecular weight excluding hydrogens is 676 g/mol. The fourth-order valence-electron chi connectivity index (χ4n) is 5.66. The second-order valence-electron chi connectivity index (χ2n) is 11.1. The number of imidazole rings is 1. The molecule has 6 rings (SSSR count). The summed E-state index contributed by atoms with van der Waals surface area (Å²) in [6.07, 6.45) is 1.40. The van der Waals surface area contributed by atoms with Crippen LogP contribution >= 0.6 is 34.7 Å². The van der Waals surface area contributed by atoms with Crippen molar-refractivity contribution < 1.29 is 38.8 Å². The average Bonchev–Trinajstić information content (AvgIpc) is 3.75. The quantitative estimate of drug-likeness (QED) is 0.0658. The van der Waals surface area contributed by atoms with E-state index in [-0.39, 0.29) is 33.2 Å². The Morgan fingerprint density at radius 3 is 2.77 bits per heavy atom. The molecule has 0 aromatic carbocycles. The van der Waals surface area contributed by atoms with Crippen LogP contribution in [-0.2, 0) is 37.1 Å². The zero-order valence-electron chi connectivity index (χ0n) is 24.8. The van der Waals surface area contributed by atoms with Crippen molar-refractivity contribution in [1.82, 2.24) is 30.1 Å². The molecule has 0 aliphatic carbocycles. The van der Waals surface area contributed by atoms with Crippen LogP contribution in [0, 0.1) is 5.92 Å². The Balaban J connectivity index is 1.23. The van der Waals surface area contributed by atoms with Gasteiger partial charge in [-0.1, -0.05) is 28.1 Å². The van der Waals surface area contributed by atoms with Crippen LogP contribution in [0.5, 0.6) is 0 Å². The second kappa shape index (κ2) is 13.0. The van der Waals surface area contributed by atoms with E-state index in [0.717, 1.165) is 41.3 Å². The molecule has 248 valence electrons. The fraction of sp³-hybridized carbons (Fsp3) is 0.407. The first-order valence-corrected chi connectivity index (χ1v) is 16.6. The highest BCUT2D eigenvalue weighted by atomic mass is 35.5. The smallest absolute Gasteiger partial charge is 0.352 e. The predicted molar refractivity (Wildman–Crippen MR) is 171 cm³/mol. The highest BCUT2D eigenvalue weighted by Gasteiger charge is 2.54. The topological polar surface area (TPSA) is 244 Å². The largest absolute Gasteiger partial charge is 0.478 e. The van der Waals surface area contributed by atoms with Crippen molar-refractivity contribution in [1.29, 1.82) is 0 Å². The summed E-state index contributed by atoms with van der Waals surface area (Å²) in [6, 6.07) is 2.63. The molecule has 8 N–H and O–H groups in total. The highest BCUT2D eigenvalue weighted by Crippen LogP contribution is 2.40. The lowest BCUT2D eigenvalue weighted by Crippen LogP contribution is -2.71. The lowest BCUT2D eigenvalue weighted by Gasteiger charge is -2.49. The zero-order chi connectivity index (χ0) is 33.6. The minimum Gasteiger partial charge on any atom is -0.478 e. The molecule has 0 saturated carbocycles. The predicted octanol–water partition coefficient (Wildman–Crippen LogP) is -0.160. The Morgan fingerprint density at radius 1 is 1.32 bits per heavy atom. The van der Waals surface area contributed by atoms with Gasteiger partial charge in [0, 0.05) is 17.9 Å². The van der Waals surface area contributed by atoms with Gasteiger partial charge in [-0.05, 0) is 49.5 Å². The van der Waals surface area contributed by atoms with Crippen molar-refractivity contribution >= 4 is 86.4 Å². The Bertz CT molecular complexity index is 1850. The zero-order valence-corrected chi connectivity index (χ0v) is 27.1. The average molecular weight is 706 g/mol. The number of nitrogens with one attached hydrogen (secondary N) is 2. The number of carbonyl (C=O) groups excluding carboxylic acids is 2. The van der Waals surface area contributed by atoms with E-state index >= 15 is 0 Å². The van der Waals surface area contributed by atoms with Crippen molar-refractivity contribution in [2.45, 2.75) is 44.0 Å². The van der Waals surface area contributed by atoms with Crippen molar-refractivity contribution in [3.63, 3.8) is 0 Å². The van der Waals surface area contributed by atoms with Crippen LogP contribution in [0.3, 0.4) is 0 Å². The third-order valence-electron chi connectivity index (χ3n) is 8.00. The van der Waals surface area contributed by atoms with Gasteiger partial charge in [0.05, 0.1) is 6.20 Å². The summed E-state index contributed by atoms with van der Waals surface area (Å²) < 4.78 is 3.76. The minimum atomic E-state index is -1.41. The van der Waals surface area contributed by atoms with Crippen LogP contribution in [0.15, 0.2) is 34.8 Å². The summed E-state index contributed by atoms with van der Waals surface area (Å²) in [6.45, 7) is 3.89. The van der Waals surface area contributed by atoms with E-state index in [1.54, 1.807) is 6.20 Å². The highest BCUT2D eigenvalue weighted by molar-refractivity contribution is 8.00. The number of rotatable bonds is 11. The van der Waals surface area contributed by atoms with Crippen molar-refractivity contribution in [3.05, 3.63) is 39.6 Å². The van der Waals surface area contributed by atoms with Gasteiger partial charge in [0.15, 0.2) is 10.8 Å². The number of pyridine rings is 1. The molecule has 2 amide bonds. The lowest BCUT2D eigenvalue weighted by atomic mass is 10.0.